The molecule has 1 aromatic rings. The van der Waals surface area contributed by atoms with Crippen molar-refractivity contribution in [3.8, 4) is 0 Å². The van der Waals surface area contributed by atoms with Crippen molar-refractivity contribution in [2.75, 3.05) is 46.1 Å². The van der Waals surface area contributed by atoms with Crippen LogP contribution < -0.4 is 5.32 Å². The smallest absolute Gasteiger partial charge is 0.244 e. The van der Waals surface area contributed by atoms with Gasteiger partial charge in [-0.1, -0.05) is 18.5 Å². The summed E-state index contributed by atoms with van der Waals surface area (Å²) in [5, 5.41) is 3.10. The molecule has 0 unspecified atom stereocenters. The predicted octanol–water partition coefficient (Wildman–Crippen LogP) is 1.74. The molecule has 1 aromatic heterocycles. The van der Waals surface area contributed by atoms with E-state index in [1.807, 2.05) is 25.9 Å². The minimum Gasteiger partial charge on any atom is -0.372 e. The molecule has 1 N–H and O–H groups in total. The third-order valence-corrected chi connectivity index (χ3v) is 5.28. The number of sulfonamides is 1. The van der Waals surface area contributed by atoms with Crippen molar-refractivity contribution in [1.29, 1.82) is 0 Å². The van der Waals surface area contributed by atoms with E-state index in [0.29, 0.717) is 23.9 Å². The number of hydrogen-bond acceptors (Lipinski definition) is 5. The number of nitrogens with one attached hydrogen (secondary N) is 1. The Morgan fingerprint density at radius 1 is 1.33 bits per heavy atom. The molecule has 0 amide bonds. The second kappa shape index (κ2) is 7.93. The molecule has 0 spiro atoms. The third-order valence-electron chi connectivity index (χ3n) is 3.06. The summed E-state index contributed by atoms with van der Waals surface area (Å²) in [6.45, 7) is 3.55. The van der Waals surface area contributed by atoms with E-state index in [4.69, 9.17) is 11.6 Å². The zero-order chi connectivity index (χ0) is 16.0. The molecule has 0 saturated heterocycles. The van der Waals surface area contributed by atoms with Gasteiger partial charge in [0.2, 0.25) is 10.0 Å². The van der Waals surface area contributed by atoms with E-state index < -0.39 is 10.0 Å². The van der Waals surface area contributed by atoms with Crippen LogP contribution in [0.25, 0.3) is 0 Å². The van der Waals surface area contributed by atoms with Gasteiger partial charge in [0, 0.05) is 26.3 Å². The number of hydrogen-bond donors (Lipinski definition) is 1. The molecule has 1 heterocycles. The molecule has 0 fully saturated rings. The van der Waals surface area contributed by atoms with Crippen LogP contribution in [-0.4, -0.2) is 63.4 Å². The number of nitrogens with zero attached hydrogens (tertiary/aromatic N) is 3. The number of anilines is 1. The zero-order valence-electron chi connectivity index (χ0n) is 12.9. The van der Waals surface area contributed by atoms with Crippen molar-refractivity contribution >= 4 is 27.4 Å². The molecule has 0 saturated carbocycles. The van der Waals surface area contributed by atoms with Crippen LogP contribution in [0.15, 0.2) is 17.2 Å². The van der Waals surface area contributed by atoms with E-state index in [9.17, 15) is 8.42 Å². The van der Waals surface area contributed by atoms with Crippen LogP contribution in [0.4, 0.5) is 5.82 Å². The minimum absolute atomic E-state index is 0.123. The summed E-state index contributed by atoms with van der Waals surface area (Å²) in [6.07, 6.45) is 2.11. The summed E-state index contributed by atoms with van der Waals surface area (Å²) in [6, 6.07) is 1.43. The van der Waals surface area contributed by atoms with Gasteiger partial charge in [0.15, 0.2) is 0 Å². The van der Waals surface area contributed by atoms with Gasteiger partial charge in [-0.15, -0.1) is 0 Å². The summed E-state index contributed by atoms with van der Waals surface area (Å²) in [7, 11) is 2.05. The molecule has 0 aliphatic rings. The standard InChI is InChI=1S/C13H23ClN4O2S/c1-5-18(8-6-7-17(3)4)21(19,20)11-9-12(14)13(15-2)16-10-11/h9-10H,5-8H2,1-4H3,(H,15,16). The Morgan fingerprint density at radius 3 is 2.48 bits per heavy atom. The van der Waals surface area contributed by atoms with E-state index in [1.54, 1.807) is 7.05 Å². The SMILES string of the molecule is CCN(CCCN(C)C)S(=O)(=O)c1cnc(NC)c(Cl)c1. The van der Waals surface area contributed by atoms with Gasteiger partial charge in [0.1, 0.15) is 10.7 Å². The average Bonchev–Trinajstić information content (AvgIpc) is 2.42. The lowest BCUT2D eigenvalue weighted by Crippen LogP contribution is -2.33. The normalized spacial score (nSPS) is 12.1. The lowest BCUT2D eigenvalue weighted by Gasteiger charge is -2.21. The highest BCUT2D eigenvalue weighted by Gasteiger charge is 2.24. The fourth-order valence-electron chi connectivity index (χ4n) is 1.91. The fraction of sp³-hybridized carbons (Fsp3) is 0.615. The van der Waals surface area contributed by atoms with E-state index in [1.165, 1.54) is 16.6 Å². The monoisotopic (exact) mass is 334 g/mol. The Bertz CT molecular complexity index is 563. The lowest BCUT2D eigenvalue weighted by molar-refractivity contribution is 0.356. The Kier molecular flexibility index (Phi) is 6.86. The predicted molar refractivity (Wildman–Crippen MR) is 86.4 cm³/mol. The Labute approximate surface area is 132 Å². The Balaban J connectivity index is 2.93. The number of halogens is 1. The van der Waals surface area contributed by atoms with Crippen LogP contribution in [0.1, 0.15) is 13.3 Å². The highest BCUT2D eigenvalue weighted by atomic mass is 35.5. The van der Waals surface area contributed by atoms with Crippen molar-refractivity contribution in [3.63, 3.8) is 0 Å². The summed E-state index contributed by atoms with van der Waals surface area (Å²) >= 11 is 6.01. The Hall–Kier alpha value is -0.890. The fourth-order valence-corrected chi connectivity index (χ4v) is 3.69. The largest absolute Gasteiger partial charge is 0.372 e. The average molecular weight is 335 g/mol. The second-order valence-electron chi connectivity index (χ2n) is 4.90. The zero-order valence-corrected chi connectivity index (χ0v) is 14.5. The Morgan fingerprint density at radius 2 is 2.00 bits per heavy atom. The van der Waals surface area contributed by atoms with Gasteiger partial charge in [-0.25, -0.2) is 13.4 Å². The highest BCUT2D eigenvalue weighted by molar-refractivity contribution is 7.89. The molecule has 8 heteroatoms. The van der Waals surface area contributed by atoms with Crippen LogP contribution in [0.5, 0.6) is 0 Å². The summed E-state index contributed by atoms with van der Waals surface area (Å²) in [5.74, 6) is 0.464. The van der Waals surface area contributed by atoms with Crippen LogP contribution in [0.3, 0.4) is 0 Å². The van der Waals surface area contributed by atoms with Gasteiger partial charge < -0.3 is 10.2 Å². The third kappa shape index (κ3) is 4.81. The minimum atomic E-state index is -3.56. The lowest BCUT2D eigenvalue weighted by atomic mass is 10.4. The maximum atomic E-state index is 12.6. The number of rotatable bonds is 8. The van der Waals surface area contributed by atoms with Gasteiger partial charge in [-0.2, -0.15) is 4.31 Å². The van der Waals surface area contributed by atoms with Crippen molar-refractivity contribution in [2.24, 2.45) is 0 Å². The van der Waals surface area contributed by atoms with Gasteiger partial charge in [-0.05, 0) is 33.1 Å². The van der Waals surface area contributed by atoms with Gasteiger partial charge in [0.05, 0.1) is 5.02 Å². The number of aromatic nitrogens is 1. The highest BCUT2D eigenvalue weighted by Crippen LogP contribution is 2.24. The van der Waals surface area contributed by atoms with Crippen molar-refractivity contribution in [1.82, 2.24) is 14.2 Å². The topological polar surface area (TPSA) is 65.5 Å². The summed E-state index contributed by atoms with van der Waals surface area (Å²) in [5.41, 5.74) is 0. The molecular weight excluding hydrogens is 312 g/mol. The van der Waals surface area contributed by atoms with Crippen molar-refractivity contribution < 1.29 is 8.42 Å². The van der Waals surface area contributed by atoms with E-state index in [2.05, 4.69) is 10.3 Å². The first-order chi connectivity index (χ1) is 9.82. The first-order valence-corrected chi connectivity index (χ1v) is 8.63. The quantitative estimate of drug-likeness (QED) is 0.784. The van der Waals surface area contributed by atoms with Crippen LogP contribution in [0.2, 0.25) is 5.02 Å². The second-order valence-corrected chi connectivity index (χ2v) is 7.25. The molecule has 6 nitrogen and oxygen atoms in total. The molecule has 0 atom stereocenters. The van der Waals surface area contributed by atoms with Crippen LogP contribution in [-0.2, 0) is 10.0 Å². The molecule has 0 aromatic carbocycles. The molecule has 0 aliphatic heterocycles. The molecule has 120 valence electrons. The van der Waals surface area contributed by atoms with Gasteiger partial charge >= 0.3 is 0 Å². The first kappa shape index (κ1) is 18.2. The van der Waals surface area contributed by atoms with Crippen LogP contribution in [0, 0.1) is 0 Å². The van der Waals surface area contributed by atoms with E-state index >= 15 is 0 Å². The van der Waals surface area contributed by atoms with Gasteiger partial charge in [-0.3, -0.25) is 0 Å². The molecule has 1 rings (SSSR count). The first-order valence-electron chi connectivity index (χ1n) is 6.81. The number of pyridine rings is 1. The van der Waals surface area contributed by atoms with Crippen molar-refractivity contribution in [2.45, 2.75) is 18.2 Å². The maximum Gasteiger partial charge on any atom is 0.244 e. The molecule has 0 aliphatic carbocycles. The van der Waals surface area contributed by atoms with Crippen molar-refractivity contribution in [3.05, 3.63) is 17.3 Å². The maximum absolute atomic E-state index is 12.6. The van der Waals surface area contributed by atoms with Gasteiger partial charge in [0.25, 0.3) is 0 Å². The van der Waals surface area contributed by atoms with Crippen LogP contribution >= 0.6 is 11.6 Å². The molecule has 0 bridgehead atoms. The summed E-state index contributed by atoms with van der Waals surface area (Å²) in [4.78, 5) is 6.18. The summed E-state index contributed by atoms with van der Waals surface area (Å²) < 4.78 is 26.6. The molecular formula is C13H23ClN4O2S. The molecule has 0 radical (unpaired) electrons. The van der Waals surface area contributed by atoms with E-state index in [0.717, 1.165) is 13.0 Å². The van der Waals surface area contributed by atoms with E-state index in [-0.39, 0.29) is 4.90 Å². The molecule has 21 heavy (non-hydrogen) atoms.